The van der Waals surface area contributed by atoms with E-state index in [0.29, 0.717) is 23.5 Å². The highest BCUT2D eigenvalue weighted by Gasteiger charge is 2.17. The lowest BCUT2D eigenvalue weighted by atomic mass is 9.84. The molecule has 0 unspecified atom stereocenters. The standard InChI is InChI=1S/C22H22N6O3/c29-20-19-18(25-22(26-20)28-13-17(10-23-28)21(30)31)11-24-27(19)12-14-6-8-16(9-7-14)15-4-2-1-3-5-15/h6-11,13,15H,1-5,12H2,(H,30,31)(H,25,26,29). The number of hydrogen-bond acceptors (Lipinski definition) is 6. The fourth-order valence-corrected chi connectivity index (χ4v) is 4.24. The maximum atomic E-state index is 11.1. The second kappa shape index (κ2) is 7.82. The van der Waals surface area contributed by atoms with Crippen molar-refractivity contribution in [2.45, 2.75) is 44.6 Å². The number of hydrogen-bond donors (Lipinski definition) is 2. The van der Waals surface area contributed by atoms with Gasteiger partial charge in [-0.25, -0.2) is 14.5 Å². The minimum Gasteiger partial charge on any atom is -0.492 e. The van der Waals surface area contributed by atoms with Crippen molar-refractivity contribution in [2.24, 2.45) is 0 Å². The van der Waals surface area contributed by atoms with Gasteiger partial charge in [-0.05, 0) is 29.9 Å². The molecule has 0 spiro atoms. The average Bonchev–Trinajstić information content (AvgIpc) is 3.43. The Hall–Kier alpha value is -3.75. The predicted octanol–water partition coefficient (Wildman–Crippen LogP) is 3.51. The van der Waals surface area contributed by atoms with Gasteiger partial charge in [0.15, 0.2) is 0 Å². The number of nitrogens with zero attached hydrogens (tertiary/aromatic N) is 6. The molecule has 4 aromatic rings. The lowest BCUT2D eigenvalue weighted by Crippen LogP contribution is -2.06. The van der Waals surface area contributed by atoms with Crippen LogP contribution in [0.3, 0.4) is 0 Å². The molecule has 5 rings (SSSR count). The van der Waals surface area contributed by atoms with Gasteiger partial charge in [-0.2, -0.15) is 15.2 Å². The molecule has 3 heterocycles. The molecule has 3 aromatic heterocycles. The maximum Gasteiger partial charge on any atom is 0.338 e. The van der Waals surface area contributed by atoms with Gasteiger partial charge in [0.2, 0.25) is 5.88 Å². The molecular weight excluding hydrogens is 396 g/mol. The molecule has 1 aromatic carbocycles. The summed E-state index contributed by atoms with van der Waals surface area (Å²) in [6.45, 7) is 0.482. The minimum absolute atomic E-state index is 0.00977. The van der Waals surface area contributed by atoms with Crippen LogP contribution >= 0.6 is 0 Å². The SMILES string of the molecule is O=C(O)c1cnn(-c2nc(O)c3c(cnn3Cc3ccc(C4CCCCC4)cc3)n2)c1. The van der Waals surface area contributed by atoms with Gasteiger partial charge < -0.3 is 10.2 Å². The molecule has 2 N–H and O–H groups in total. The Labute approximate surface area is 178 Å². The molecule has 1 aliphatic rings. The second-order valence-corrected chi connectivity index (χ2v) is 7.94. The zero-order valence-corrected chi connectivity index (χ0v) is 16.8. The molecule has 31 heavy (non-hydrogen) atoms. The Kier molecular flexibility index (Phi) is 4.85. The van der Waals surface area contributed by atoms with Crippen LogP contribution in [0.1, 0.15) is 59.5 Å². The quantitative estimate of drug-likeness (QED) is 0.509. The van der Waals surface area contributed by atoms with E-state index < -0.39 is 5.97 Å². The lowest BCUT2D eigenvalue weighted by molar-refractivity contribution is 0.0697. The number of carbonyl (C=O) groups is 1. The van der Waals surface area contributed by atoms with Crippen LogP contribution < -0.4 is 0 Å². The average molecular weight is 418 g/mol. The molecule has 9 heteroatoms. The Morgan fingerprint density at radius 1 is 1.03 bits per heavy atom. The third-order valence-electron chi connectivity index (χ3n) is 5.88. The van der Waals surface area contributed by atoms with Crippen LogP contribution in [0, 0.1) is 0 Å². The summed E-state index contributed by atoms with van der Waals surface area (Å²) in [5, 5.41) is 27.9. The second-order valence-electron chi connectivity index (χ2n) is 7.94. The number of rotatable bonds is 5. The third-order valence-corrected chi connectivity index (χ3v) is 5.88. The van der Waals surface area contributed by atoms with Gasteiger partial charge in [-0.3, -0.25) is 4.68 Å². The first-order valence-electron chi connectivity index (χ1n) is 10.4. The van der Waals surface area contributed by atoms with E-state index in [9.17, 15) is 9.90 Å². The van der Waals surface area contributed by atoms with E-state index in [1.54, 1.807) is 10.9 Å². The highest BCUT2D eigenvalue weighted by Crippen LogP contribution is 2.32. The Morgan fingerprint density at radius 2 is 1.81 bits per heavy atom. The molecule has 1 saturated carbocycles. The zero-order chi connectivity index (χ0) is 21.4. The van der Waals surface area contributed by atoms with E-state index in [4.69, 9.17) is 5.11 Å². The molecular formula is C22H22N6O3. The fourth-order valence-electron chi connectivity index (χ4n) is 4.24. The van der Waals surface area contributed by atoms with E-state index >= 15 is 0 Å². The van der Waals surface area contributed by atoms with Crippen LogP contribution in [0.25, 0.3) is 17.0 Å². The molecule has 0 saturated heterocycles. The van der Waals surface area contributed by atoms with E-state index in [2.05, 4.69) is 44.4 Å². The lowest BCUT2D eigenvalue weighted by Gasteiger charge is -2.22. The van der Waals surface area contributed by atoms with Crippen LogP contribution in [0.2, 0.25) is 0 Å². The maximum absolute atomic E-state index is 11.1. The topological polar surface area (TPSA) is 119 Å². The number of fused-ring (bicyclic) bond motifs is 1. The van der Waals surface area contributed by atoms with E-state index in [0.717, 1.165) is 5.56 Å². The van der Waals surface area contributed by atoms with Crippen molar-refractivity contribution in [3.05, 3.63) is 59.5 Å². The van der Waals surface area contributed by atoms with Crippen molar-refractivity contribution in [3.8, 4) is 11.8 Å². The van der Waals surface area contributed by atoms with Crippen molar-refractivity contribution >= 4 is 17.0 Å². The molecule has 0 atom stereocenters. The fraction of sp³-hybridized carbons (Fsp3) is 0.318. The van der Waals surface area contributed by atoms with Crippen LogP contribution in [-0.4, -0.2) is 45.7 Å². The molecule has 0 bridgehead atoms. The Balaban J connectivity index is 1.40. The normalized spacial score (nSPS) is 14.8. The highest BCUT2D eigenvalue weighted by atomic mass is 16.4. The number of aromatic hydroxyl groups is 1. The van der Waals surface area contributed by atoms with Crippen molar-refractivity contribution < 1.29 is 15.0 Å². The summed E-state index contributed by atoms with van der Waals surface area (Å²) in [5.41, 5.74) is 3.35. The Bertz CT molecular complexity index is 1240. The molecule has 1 fully saturated rings. The number of benzene rings is 1. The zero-order valence-electron chi connectivity index (χ0n) is 16.8. The van der Waals surface area contributed by atoms with Crippen LogP contribution in [0.15, 0.2) is 42.9 Å². The van der Waals surface area contributed by atoms with Crippen LogP contribution in [0.4, 0.5) is 0 Å². The summed E-state index contributed by atoms with van der Waals surface area (Å²) >= 11 is 0. The van der Waals surface area contributed by atoms with Gasteiger partial charge >= 0.3 is 5.97 Å². The van der Waals surface area contributed by atoms with Gasteiger partial charge in [0.05, 0.1) is 24.5 Å². The number of carboxylic acids is 1. The van der Waals surface area contributed by atoms with E-state index in [1.807, 2.05) is 0 Å². The van der Waals surface area contributed by atoms with Crippen molar-refractivity contribution in [2.75, 3.05) is 0 Å². The molecule has 0 aliphatic heterocycles. The first kappa shape index (κ1) is 19.2. The van der Waals surface area contributed by atoms with Gasteiger partial charge in [-0.15, -0.1) is 0 Å². The molecule has 0 radical (unpaired) electrons. The Morgan fingerprint density at radius 3 is 2.52 bits per heavy atom. The van der Waals surface area contributed by atoms with Gasteiger partial charge in [0, 0.05) is 6.20 Å². The largest absolute Gasteiger partial charge is 0.492 e. The first-order chi connectivity index (χ1) is 15.1. The van der Waals surface area contributed by atoms with Crippen molar-refractivity contribution in [1.29, 1.82) is 0 Å². The molecule has 1 aliphatic carbocycles. The van der Waals surface area contributed by atoms with Gasteiger partial charge in [0.1, 0.15) is 11.0 Å². The number of carboxylic acid groups (broad SMARTS) is 1. The first-order valence-corrected chi connectivity index (χ1v) is 10.4. The van der Waals surface area contributed by atoms with E-state index in [1.165, 1.54) is 54.7 Å². The number of aromatic nitrogens is 6. The highest BCUT2D eigenvalue weighted by molar-refractivity contribution is 5.87. The summed E-state index contributed by atoms with van der Waals surface area (Å²) in [6.07, 6.45) is 10.5. The monoisotopic (exact) mass is 418 g/mol. The van der Waals surface area contributed by atoms with Gasteiger partial charge in [0.25, 0.3) is 5.95 Å². The summed E-state index contributed by atoms with van der Waals surface area (Å²) in [6, 6.07) is 8.62. The van der Waals surface area contributed by atoms with Crippen LogP contribution in [0.5, 0.6) is 5.88 Å². The summed E-state index contributed by atoms with van der Waals surface area (Å²) in [7, 11) is 0. The molecule has 0 amide bonds. The van der Waals surface area contributed by atoms with Crippen molar-refractivity contribution in [1.82, 2.24) is 29.5 Å². The summed E-state index contributed by atoms with van der Waals surface area (Å²) in [4.78, 5) is 19.5. The summed E-state index contributed by atoms with van der Waals surface area (Å²) in [5.74, 6) is -0.593. The number of aromatic carboxylic acids is 1. The molecule has 9 nitrogen and oxygen atoms in total. The van der Waals surface area contributed by atoms with Crippen LogP contribution in [-0.2, 0) is 6.54 Å². The minimum atomic E-state index is -1.10. The predicted molar refractivity (Wildman–Crippen MR) is 112 cm³/mol. The third kappa shape index (κ3) is 3.74. The van der Waals surface area contributed by atoms with Crippen molar-refractivity contribution in [3.63, 3.8) is 0 Å². The summed E-state index contributed by atoms with van der Waals surface area (Å²) < 4.78 is 2.87. The van der Waals surface area contributed by atoms with Gasteiger partial charge in [-0.1, -0.05) is 43.5 Å². The molecule has 158 valence electrons. The van der Waals surface area contributed by atoms with E-state index in [-0.39, 0.29) is 17.4 Å². The smallest absolute Gasteiger partial charge is 0.338 e.